The summed E-state index contributed by atoms with van der Waals surface area (Å²) in [5, 5.41) is 10.6. The van der Waals surface area contributed by atoms with Crippen LogP contribution in [-0.2, 0) is 10.0 Å². The van der Waals surface area contributed by atoms with Gasteiger partial charge in [0.15, 0.2) is 5.82 Å². The number of anilines is 1. The first-order valence-electron chi connectivity index (χ1n) is 6.04. The highest BCUT2D eigenvalue weighted by molar-refractivity contribution is 7.99. The minimum atomic E-state index is -4.13. The molecule has 0 amide bonds. The summed E-state index contributed by atoms with van der Waals surface area (Å²) in [5.41, 5.74) is 4.49. The Balaban J connectivity index is 2.47. The molecule has 2 rings (SSSR count). The molecule has 1 aromatic rings. The molecule has 0 aliphatic carbocycles. The lowest BCUT2D eigenvalue weighted by Crippen LogP contribution is -2.37. The van der Waals surface area contributed by atoms with Crippen LogP contribution in [0.25, 0.3) is 0 Å². The fraction of sp³-hybridized carbons (Fsp3) is 0.455. The van der Waals surface area contributed by atoms with Gasteiger partial charge in [0.05, 0.1) is 16.7 Å². The third kappa shape index (κ3) is 2.97. The maximum atomic E-state index is 14.0. The molecule has 21 heavy (non-hydrogen) atoms. The predicted molar refractivity (Wildman–Crippen MR) is 78.1 cm³/mol. The van der Waals surface area contributed by atoms with E-state index in [-0.39, 0.29) is 6.04 Å². The molecule has 0 spiro atoms. The maximum absolute atomic E-state index is 14.0. The number of nitrogens with zero attached hydrogens (tertiary/aromatic N) is 2. The quantitative estimate of drug-likeness (QED) is 0.507. The van der Waals surface area contributed by atoms with Gasteiger partial charge in [0.2, 0.25) is 10.0 Å². The number of hydrogen-bond acceptors (Lipinski definition) is 6. The summed E-state index contributed by atoms with van der Waals surface area (Å²) >= 11 is 1.62. The molecule has 1 unspecified atom stereocenters. The van der Waals surface area contributed by atoms with Gasteiger partial charge < -0.3 is 5.73 Å². The van der Waals surface area contributed by atoms with Crippen LogP contribution in [-0.4, -0.2) is 42.2 Å². The molecule has 1 aliphatic rings. The van der Waals surface area contributed by atoms with Gasteiger partial charge in [-0.2, -0.15) is 16.1 Å². The van der Waals surface area contributed by atoms with Crippen LogP contribution >= 0.6 is 11.8 Å². The lowest BCUT2D eigenvalue weighted by atomic mass is 10.3. The van der Waals surface area contributed by atoms with Gasteiger partial charge >= 0.3 is 0 Å². The van der Waals surface area contributed by atoms with Gasteiger partial charge in [-0.15, -0.1) is 0 Å². The fourth-order valence-electron chi connectivity index (χ4n) is 2.13. The van der Waals surface area contributed by atoms with E-state index in [2.05, 4.69) is 0 Å². The van der Waals surface area contributed by atoms with E-state index in [4.69, 9.17) is 5.73 Å². The Morgan fingerprint density at radius 2 is 2.19 bits per heavy atom. The van der Waals surface area contributed by atoms with Crippen LogP contribution in [0, 0.1) is 15.9 Å². The number of thioether (sulfide) groups is 1. The lowest BCUT2D eigenvalue weighted by Gasteiger charge is -2.23. The zero-order valence-corrected chi connectivity index (χ0v) is 12.8. The van der Waals surface area contributed by atoms with E-state index in [9.17, 15) is 22.9 Å². The fourth-order valence-corrected chi connectivity index (χ4v) is 5.01. The van der Waals surface area contributed by atoms with Gasteiger partial charge in [-0.05, 0) is 12.2 Å². The highest BCUT2D eigenvalue weighted by Gasteiger charge is 2.34. The molecule has 116 valence electrons. The number of sulfonamides is 1. The molecule has 0 aromatic heterocycles. The van der Waals surface area contributed by atoms with Crippen molar-refractivity contribution in [1.82, 2.24) is 4.31 Å². The molecule has 1 fully saturated rings. The molecule has 0 saturated carbocycles. The second-order valence-electron chi connectivity index (χ2n) is 4.64. The Morgan fingerprint density at radius 1 is 1.52 bits per heavy atom. The second kappa shape index (κ2) is 5.78. The molecule has 7 nitrogen and oxygen atoms in total. The van der Waals surface area contributed by atoms with E-state index in [1.54, 1.807) is 11.8 Å². The maximum Gasteiger partial charge on any atom is 0.274 e. The van der Waals surface area contributed by atoms with Gasteiger partial charge in [-0.1, -0.05) is 0 Å². The third-order valence-corrected chi connectivity index (χ3v) is 6.47. The van der Waals surface area contributed by atoms with E-state index in [1.807, 2.05) is 0 Å². The smallest absolute Gasteiger partial charge is 0.274 e. The summed E-state index contributed by atoms with van der Waals surface area (Å²) in [6.45, 7) is 0. The average molecular weight is 335 g/mol. The summed E-state index contributed by atoms with van der Waals surface area (Å²) in [6.07, 6.45) is 0.675. The Morgan fingerprint density at radius 3 is 2.67 bits per heavy atom. The van der Waals surface area contributed by atoms with Crippen LogP contribution in [0.2, 0.25) is 0 Å². The molecule has 1 heterocycles. The normalized spacial score (nSPS) is 19.1. The zero-order chi connectivity index (χ0) is 15.8. The predicted octanol–water partition coefficient (Wildman–Crippen LogP) is 1.44. The first-order valence-corrected chi connectivity index (χ1v) is 8.64. The van der Waals surface area contributed by atoms with Crippen molar-refractivity contribution in [2.24, 2.45) is 0 Å². The first kappa shape index (κ1) is 16.0. The molecule has 10 heteroatoms. The number of benzene rings is 1. The Hall–Kier alpha value is -1.39. The van der Waals surface area contributed by atoms with Gasteiger partial charge in [0.1, 0.15) is 4.90 Å². The highest BCUT2D eigenvalue weighted by atomic mass is 32.2. The van der Waals surface area contributed by atoms with Gasteiger partial charge in [-0.25, -0.2) is 12.8 Å². The molecule has 1 atom stereocenters. The first-order chi connectivity index (χ1) is 9.75. The number of nitro groups is 1. The molecular weight excluding hydrogens is 321 g/mol. The number of rotatable bonds is 4. The molecule has 0 radical (unpaired) electrons. The standard InChI is InChI=1S/C11H14FN3O4S2/c1-14(7-2-3-20-6-7)21(18,19)11-9(12)4-8(15(16)17)5-10(11)13/h4-5,7H,2-3,6,13H2,1H3. The summed E-state index contributed by atoms with van der Waals surface area (Å²) in [5.74, 6) is 0.256. The van der Waals surface area contributed by atoms with Crippen molar-refractivity contribution in [2.75, 3.05) is 24.3 Å². The van der Waals surface area contributed by atoms with Crippen molar-refractivity contribution >= 4 is 33.2 Å². The average Bonchev–Trinajstić information content (AvgIpc) is 2.90. The van der Waals surface area contributed by atoms with Crippen LogP contribution in [0.3, 0.4) is 0 Å². The zero-order valence-electron chi connectivity index (χ0n) is 11.2. The molecule has 1 aliphatic heterocycles. The highest BCUT2D eigenvalue weighted by Crippen LogP contribution is 2.32. The summed E-state index contributed by atoms with van der Waals surface area (Å²) < 4.78 is 40.0. The molecule has 0 bridgehead atoms. The number of nitro benzene ring substituents is 1. The van der Waals surface area contributed by atoms with Crippen molar-refractivity contribution in [3.8, 4) is 0 Å². The monoisotopic (exact) mass is 335 g/mol. The Labute approximate surface area is 125 Å². The van der Waals surface area contributed by atoms with E-state index >= 15 is 0 Å². The Kier molecular flexibility index (Phi) is 4.40. The van der Waals surface area contributed by atoms with Crippen molar-refractivity contribution in [2.45, 2.75) is 17.4 Å². The Bertz CT molecular complexity index is 651. The topological polar surface area (TPSA) is 107 Å². The molecule has 1 saturated heterocycles. The number of halogens is 1. The summed E-state index contributed by atoms with van der Waals surface area (Å²) in [6, 6.07) is 1.20. The summed E-state index contributed by atoms with van der Waals surface area (Å²) in [7, 11) is -2.76. The summed E-state index contributed by atoms with van der Waals surface area (Å²) in [4.78, 5) is 9.10. The van der Waals surface area contributed by atoms with Crippen LogP contribution in [0.5, 0.6) is 0 Å². The van der Waals surface area contributed by atoms with Gasteiger partial charge in [0, 0.05) is 24.9 Å². The van der Waals surface area contributed by atoms with Gasteiger partial charge in [0.25, 0.3) is 5.69 Å². The molecular formula is C11H14FN3O4S2. The second-order valence-corrected chi connectivity index (χ2v) is 7.73. The number of nitrogen functional groups attached to an aromatic ring is 1. The van der Waals surface area contributed by atoms with Crippen molar-refractivity contribution < 1.29 is 17.7 Å². The minimum absolute atomic E-state index is 0.228. The van der Waals surface area contributed by atoms with E-state index in [1.165, 1.54) is 7.05 Å². The third-order valence-electron chi connectivity index (χ3n) is 3.32. The molecule has 2 N–H and O–H groups in total. The van der Waals surface area contributed by atoms with Crippen molar-refractivity contribution in [3.05, 3.63) is 28.1 Å². The number of non-ortho nitro benzene ring substituents is 1. The van der Waals surface area contributed by atoms with Crippen LogP contribution in [0.15, 0.2) is 17.0 Å². The number of nitrogens with two attached hydrogens (primary N) is 1. The lowest BCUT2D eigenvalue weighted by molar-refractivity contribution is -0.385. The van der Waals surface area contributed by atoms with E-state index in [0.717, 1.165) is 16.1 Å². The van der Waals surface area contributed by atoms with Crippen molar-refractivity contribution in [1.29, 1.82) is 0 Å². The minimum Gasteiger partial charge on any atom is -0.397 e. The number of hydrogen-bond donors (Lipinski definition) is 1. The van der Waals surface area contributed by atoms with Crippen LogP contribution < -0.4 is 5.73 Å². The van der Waals surface area contributed by atoms with E-state index < -0.39 is 37.0 Å². The van der Waals surface area contributed by atoms with Crippen molar-refractivity contribution in [3.63, 3.8) is 0 Å². The van der Waals surface area contributed by atoms with Crippen LogP contribution in [0.1, 0.15) is 6.42 Å². The molecule has 1 aromatic carbocycles. The van der Waals surface area contributed by atoms with E-state index in [0.29, 0.717) is 18.2 Å². The SMILES string of the molecule is CN(C1CCSC1)S(=O)(=O)c1c(N)cc([N+](=O)[O-])cc1F. The largest absolute Gasteiger partial charge is 0.397 e. The van der Waals surface area contributed by atoms with Crippen LogP contribution in [0.4, 0.5) is 15.8 Å². The van der Waals surface area contributed by atoms with Gasteiger partial charge in [-0.3, -0.25) is 10.1 Å².